The molecule has 0 amide bonds. The number of thioether (sulfide) groups is 1. The zero-order chi connectivity index (χ0) is 20.1. The summed E-state index contributed by atoms with van der Waals surface area (Å²) >= 11 is 1.11. The molecule has 146 valence electrons. The van der Waals surface area contributed by atoms with E-state index in [0.717, 1.165) is 34.4 Å². The Hall–Kier alpha value is -2.93. The second-order valence-electron chi connectivity index (χ2n) is 5.97. The monoisotopic (exact) mass is 399 g/mol. The molecule has 0 saturated carbocycles. The van der Waals surface area contributed by atoms with Crippen LogP contribution in [0.25, 0.3) is 22.6 Å². The van der Waals surface area contributed by atoms with Gasteiger partial charge in [0.15, 0.2) is 5.76 Å². The van der Waals surface area contributed by atoms with Gasteiger partial charge in [-0.1, -0.05) is 18.7 Å². The van der Waals surface area contributed by atoms with Crippen LogP contribution in [0.3, 0.4) is 0 Å². The Morgan fingerprint density at radius 3 is 2.04 bits per heavy atom. The quantitative estimate of drug-likeness (QED) is 0.535. The highest BCUT2D eigenvalue weighted by molar-refractivity contribution is 8.00. The summed E-state index contributed by atoms with van der Waals surface area (Å²) in [6, 6.07) is 14.9. The number of carboxylic acid groups (broad SMARTS) is 1. The number of aromatic nitrogens is 1. The summed E-state index contributed by atoms with van der Waals surface area (Å²) in [4.78, 5) is 16.0. The molecule has 2 aromatic carbocycles. The molecule has 7 heteroatoms. The van der Waals surface area contributed by atoms with Gasteiger partial charge in [0, 0.05) is 11.1 Å². The molecule has 1 atom stereocenters. The van der Waals surface area contributed by atoms with Gasteiger partial charge >= 0.3 is 5.97 Å². The van der Waals surface area contributed by atoms with Crippen molar-refractivity contribution in [3.8, 4) is 34.1 Å². The van der Waals surface area contributed by atoms with E-state index < -0.39 is 11.2 Å². The number of rotatable bonds is 8. The zero-order valence-electron chi connectivity index (χ0n) is 15.8. The Morgan fingerprint density at radius 2 is 1.57 bits per heavy atom. The van der Waals surface area contributed by atoms with Crippen LogP contribution < -0.4 is 9.47 Å². The predicted octanol–water partition coefficient (Wildman–Crippen LogP) is 4.98. The van der Waals surface area contributed by atoms with Gasteiger partial charge in [0.05, 0.1) is 14.2 Å². The lowest BCUT2D eigenvalue weighted by atomic mass is 10.1. The molecule has 0 spiro atoms. The standard InChI is InChI=1S/C21H21NO5S/c1-4-17(20(23)24)28-21-22-18(13-5-9-15(25-2)10-6-13)19(27-21)14-7-11-16(26-3)12-8-14/h5-12,17H,4H2,1-3H3,(H,23,24). The summed E-state index contributed by atoms with van der Waals surface area (Å²) in [6.45, 7) is 1.82. The first-order valence-corrected chi connectivity index (χ1v) is 9.62. The van der Waals surface area contributed by atoms with Crippen molar-refractivity contribution in [3.05, 3.63) is 48.5 Å². The summed E-state index contributed by atoms with van der Waals surface area (Å²) in [5.74, 6) is 1.17. The van der Waals surface area contributed by atoms with Gasteiger partial charge in [-0.05, 0) is 55.0 Å². The second kappa shape index (κ2) is 8.84. The molecular weight excluding hydrogens is 378 g/mol. The average molecular weight is 399 g/mol. The van der Waals surface area contributed by atoms with E-state index in [1.165, 1.54) is 0 Å². The Morgan fingerprint density at radius 1 is 1.04 bits per heavy atom. The number of hydrogen-bond acceptors (Lipinski definition) is 6. The predicted molar refractivity (Wildman–Crippen MR) is 108 cm³/mol. The largest absolute Gasteiger partial charge is 0.497 e. The SMILES string of the molecule is CCC(Sc1nc(-c2ccc(OC)cc2)c(-c2ccc(OC)cc2)o1)C(=O)O. The third-order valence-electron chi connectivity index (χ3n) is 4.21. The first-order chi connectivity index (χ1) is 13.5. The lowest BCUT2D eigenvalue weighted by molar-refractivity contribution is -0.136. The van der Waals surface area contributed by atoms with Crippen LogP contribution >= 0.6 is 11.8 Å². The van der Waals surface area contributed by atoms with Gasteiger partial charge in [0.2, 0.25) is 0 Å². The lowest BCUT2D eigenvalue weighted by Crippen LogP contribution is -2.14. The van der Waals surface area contributed by atoms with Gasteiger partial charge in [-0.25, -0.2) is 4.98 Å². The Labute approximate surface area is 167 Å². The topological polar surface area (TPSA) is 81.8 Å². The molecule has 3 rings (SSSR count). The summed E-state index contributed by atoms with van der Waals surface area (Å²) in [5, 5.41) is 9.05. The summed E-state index contributed by atoms with van der Waals surface area (Å²) in [6.07, 6.45) is 0.470. The molecular formula is C21H21NO5S. The minimum Gasteiger partial charge on any atom is -0.497 e. The molecule has 6 nitrogen and oxygen atoms in total. The summed E-state index contributed by atoms with van der Waals surface area (Å²) in [7, 11) is 3.22. The minimum atomic E-state index is -0.886. The first-order valence-electron chi connectivity index (χ1n) is 8.74. The number of ether oxygens (including phenoxy) is 2. The third kappa shape index (κ3) is 4.31. The highest BCUT2D eigenvalue weighted by atomic mass is 32.2. The van der Waals surface area contributed by atoms with E-state index in [1.54, 1.807) is 14.2 Å². The van der Waals surface area contributed by atoms with Crippen LogP contribution in [0.2, 0.25) is 0 Å². The molecule has 3 aromatic rings. The van der Waals surface area contributed by atoms with Crippen molar-refractivity contribution >= 4 is 17.7 Å². The van der Waals surface area contributed by atoms with Crippen molar-refractivity contribution in [2.75, 3.05) is 14.2 Å². The Balaban J connectivity index is 2.04. The molecule has 0 radical (unpaired) electrons. The fraction of sp³-hybridized carbons (Fsp3) is 0.238. The minimum absolute atomic E-state index is 0.325. The smallest absolute Gasteiger partial charge is 0.317 e. The van der Waals surface area contributed by atoms with Crippen LogP contribution in [0.15, 0.2) is 58.2 Å². The van der Waals surface area contributed by atoms with Gasteiger partial charge in [-0.2, -0.15) is 0 Å². The molecule has 0 fully saturated rings. The second-order valence-corrected chi connectivity index (χ2v) is 7.12. The number of benzene rings is 2. The Kier molecular flexibility index (Phi) is 6.26. The van der Waals surface area contributed by atoms with Gasteiger partial charge < -0.3 is 19.0 Å². The Bertz CT molecular complexity index is 869. The zero-order valence-corrected chi connectivity index (χ0v) is 16.7. The van der Waals surface area contributed by atoms with E-state index in [9.17, 15) is 9.90 Å². The van der Waals surface area contributed by atoms with Gasteiger partial charge in [-0.3, -0.25) is 4.79 Å². The van der Waals surface area contributed by atoms with Crippen molar-refractivity contribution in [3.63, 3.8) is 0 Å². The molecule has 28 heavy (non-hydrogen) atoms. The van der Waals surface area contributed by atoms with Crippen molar-refractivity contribution < 1.29 is 23.8 Å². The molecule has 1 aromatic heterocycles. The normalized spacial score (nSPS) is 11.8. The molecule has 0 saturated heterocycles. The number of hydrogen-bond donors (Lipinski definition) is 1. The van der Waals surface area contributed by atoms with Crippen LogP contribution in [0.4, 0.5) is 0 Å². The molecule has 0 aliphatic carbocycles. The van der Waals surface area contributed by atoms with Crippen LogP contribution in [-0.2, 0) is 4.79 Å². The first kappa shape index (κ1) is 19.8. The lowest BCUT2D eigenvalue weighted by Gasteiger charge is -2.05. The van der Waals surface area contributed by atoms with E-state index in [-0.39, 0.29) is 0 Å². The van der Waals surface area contributed by atoms with E-state index >= 15 is 0 Å². The van der Waals surface area contributed by atoms with Gasteiger partial charge in [-0.15, -0.1) is 0 Å². The van der Waals surface area contributed by atoms with E-state index in [2.05, 4.69) is 4.98 Å². The van der Waals surface area contributed by atoms with Gasteiger partial charge in [0.1, 0.15) is 22.4 Å². The average Bonchev–Trinajstić information content (AvgIpc) is 3.15. The van der Waals surface area contributed by atoms with Crippen LogP contribution in [0, 0.1) is 0 Å². The summed E-state index contributed by atoms with van der Waals surface area (Å²) in [5.41, 5.74) is 2.33. The fourth-order valence-corrected chi connectivity index (χ4v) is 3.45. The van der Waals surface area contributed by atoms with E-state index in [1.807, 2.05) is 55.5 Å². The van der Waals surface area contributed by atoms with Gasteiger partial charge in [0.25, 0.3) is 5.22 Å². The number of aliphatic carboxylic acids is 1. The molecule has 1 unspecified atom stereocenters. The van der Waals surface area contributed by atoms with Crippen molar-refractivity contribution in [2.24, 2.45) is 0 Å². The van der Waals surface area contributed by atoms with E-state index in [4.69, 9.17) is 13.9 Å². The van der Waals surface area contributed by atoms with Crippen LogP contribution in [0.5, 0.6) is 11.5 Å². The molecule has 0 aliphatic rings. The summed E-state index contributed by atoms with van der Waals surface area (Å²) < 4.78 is 16.4. The number of methoxy groups -OCH3 is 2. The number of carboxylic acids is 1. The van der Waals surface area contributed by atoms with Crippen molar-refractivity contribution in [2.45, 2.75) is 23.8 Å². The van der Waals surface area contributed by atoms with Crippen LogP contribution in [0.1, 0.15) is 13.3 Å². The number of carbonyl (C=O) groups is 1. The molecule has 1 heterocycles. The third-order valence-corrected chi connectivity index (χ3v) is 5.41. The maximum atomic E-state index is 11.4. The van der Waals surface area contributed by atoms with Crippen molar-refractivity contribution in [1.82, 2.24) is 4.98 Å². The van der Waals surface area contributed by atoms with E-state index in [0.29, 0.717) is 23.1 Å². The number of nitrogens with zero attached hydrogens (tertiary/aromatic N) is 1. The molecule has 1 N–H and O–H groups in total. The van der Waals surface area contributed by atoms with Crippen LogP contribution in [-0.4, -0.2) is 35.5 Å². The highest BCUT2D eigenvalue weighted by Crippen LogP contribution is 2.38. The molecule has 0 aliphatic heterocycles. The number of oxazole rings is 1. The maximum absolute atomic E-state index is 11.4. The highest BCUT2D eigenvalue weighted by Gasteiger charge is 2.23. The van der Waals surface area contributed by atoms with Crippen molar-refractivity contribution in [1.29, 1.82) is 0 Å². The fourth-order valence-electron chi connectivity index (χ4n) is 2.66. The molecule has 0 bridgehead atoms. The maximum Gasteiger partial charge on any atom is 0.317 e.